The van der Waals surface area contributed by atoms with Gasteiger partial charge in [0.1, 0.15) is 73.2 Å². The van der Waals surface area contributed by atoms with Gasteiger partial charge in [0.25, 0.3) is 0 Å². The molecule has 3 heterocycles. The molecule has 0 aliphatic carbocycles. The van der Waals surface area contributed by atoms with E-state index in [-0.39, 0.29) is 6.61 Å². The zero-order chi connectivity index (χ0) is 51.3. The van der Waals surface area contributed by atoms with Crippen LogP contribution in [0.5, 0.6) is 0 Å². The van der Waals surface area contributed by atoms with Gasteiger partial charge in [-0.05, 0) is 6.42 Å². The standard InChI is InChI=1S/C51H97NO18/c1-3-4-5-6-7-8-9-10-11-12-13-14-15-16-17-18-19-20-21-22-23-24-25-26-27-28-29-36(57)35(52-34(2)56)33-65-49-45(63)42(60)47(38(31-54)67-49)70-51-46(64)43(61)48(39(32-55)68-51)69-50-44(62)41(59)40(58)37(30-53)66-50/h35-51,53-55,57-64H,3-33H2,1-2H3,(H,52,56). The third-order valence-electron chi connectivity index (χ3n) is 14.2. The molecule has 3 rings (SSSR count). The highest BCUT2D eigenvalue weighted by Gasteiger charge is 2.53. The molecule has 0 radical (unpaired) electrons. The van der Waals surface area contributed by atoms with Crippen molar-refractivity contribution >= 4 is 5.91 Å². The van der Waals surface area contributed by atoms with Gasteiger partial charge < -0.3 is 89.9 Å². The summed E-state index contributed by atoms with van der Waals surface area (Å²) in [6.45, 7) is 0.857. The molecule has 17 atom stereocenters. The van der Waals surface area contributed by atoms with Gasteiger partial charge in [0.2, 0.25) is 5.91 Å². The van der Waals surface area contributed by atoms with E-state index in [2.05, 4.69) is 12.2 Å². The first kappa shape index (κ1) is 63.1. The lowest BCUT2D eigenvalue weighted by atomic mass is 9.96. The number of aliphatic hydroxyl groups is 11. The average molecular weight is 1010 g/mol. The maximum Gasteiger partial charge on any atom is 0.217 e. The number of amides is 1. The van der Waals surface area contributed by atoms with E-state index in [1.807, 2.05) is 0 Å². The molecule has 0 spiro atoms. The number of unbranched alkanes of at least 4 members (excludes halogenated alkanes) is 25. The Labute approximate surface area is 417 Å². The van der Waals surface area contributed by atoms with Crippen LogP contribution in [-0.2, 0) is 33.2 Å². The van der Waals surface area contributed by atoms with Gasteiger partial charge in [0.15, 0.2) is 18.9 Å². The predicted octanol–water partition coefficient (Wildman–Crippen LogP) is 2.87. The van der Waals surface area contributed by atoms with E-state index in [1.54, 1.807) is 0 Å². The molecular formula is C51H97NO18. The van der Waals surface area contributed by atoms with Crippen molar-refractivity contribution in [3.63, 3.8) is 0 Å². The molecule has 1 amide bonds. The molecule has 0 saturated carbocycles. The molecule has 414 valence electrons. The molecule has 12 N–H and O–H groups in total. The van der Waals surface area contributed by atoms with Gasteiger partial charge in [-0.2, -0.15) is 0 Å². The summed E-state index contributed by atoms with van der Waals surface area (Å²) < 4.78 is 33.7. The fraction of sp³-hybridized carbons (Fsp3) is 0.980. The lowest BCUT2D eigenvalue weighted by Crippen LogP contribution is -2.66. The monoisotopic (exact) mass is 1010 g/mol. The molecule has 3 fully saturated rings. The minimum atomic E-state index is -1.96. The van der Waals surface area contributed by atoms with Gasteiger partial charge in [-0.1, -0.05) is 174 Å². The Morgan fingerprint density at radius 2 is 0.786 bits per heavy atom. The average Bonchev–Trinajstić information content (AvgIpc) is 3.35. The molecule has 3 aliphatic heterocycles. The lowest BCUT2D eigenvalue weighted by Gasteiger charge is -2.48. The quantitative estimate of drug-likeness (QED) is 0.0394. The molecule has 3 aliphatic rings. The van der Waals surface area contributed by atoms with Crippen molar-refractivity contribution in [2.45, 2.75) is 291 Å². The fourth-order valence-corrected chi connectivity index (χ4v) is 9.76. The molecule has 0 aromatic carbocycles. The van der Waals surface area contributed by atoms with Crippen LogP contribution in [0.2, 0.25) is 0 Å². The number of aliphatic hydroxyl groups excluding tert-OH is 11. The van der Waals surface area contributed by atoms with Crippen molar-refractivity contribution in [2.24, 2.45) is 0 Å². The van der Waals surface area contributed by atoms with Crippen molar-refractivity contribution in [1.29, 1.82) is 0 Å². The van der Waals surface area contributed by atoms with Crippen LogP contribution >= 0.6 is 0 Å². The predicted molar refractivity (Wildman–Crippen MR) is 259 cm³/mol. The van der Waals surface area contributed by atoms with Crippen molar-refractivity contribution in [2.75, 3.05) is 26.4 Å². The Balaban J connectivity index is 1.28. The number of carbonyl (C=O) groups is 1. The zero-order valence-electron chi connectivity index (χ0n) is 42.5. The first-order valence-corrected chi connectivity index (χ1v) is 27.2. The van der Waals surface area contributed by atoms with Crippen LogP contribution in [0.3, 0.4) is 0 Å². The fourth-order valence-electron chi connectivity index (χ4n) is 9.76. The van der Waals surface area contributed by atoms with Crippen molar-refractivity contribution in [1.82, 2.24) is 5.32 Å². The van der Waals surface area contributed by atoms with E-state index in [9.17, 15) is 61.0 Å². The maximum absolute atomic E-state index is 12.1. The van der Waals surface area contributed by atoms with Crippen molar-refractivity contribution < 1.29 is 89.4 Å². The Morgan fingerprint density at radius 3 is 1.16 bits per heavy atom. The first-order chi connectivity index (χ1) is 33.8. The van der Waals surface area contributed by atoms with E-state index in [4.69, 9.17) is 28.4 Å². The number of carbonyl (C=O) groups excluding carboxylic acids is 1. The van der Waals surface area contributed by atoms with E-state index in [1.165, 1.54) is 148 Å². The van der Waals surface area contributed by atoms with Crippen LogP contribution in [-0.4, -0.2) is 193 Å². The van der Waals surface area contributed by atoms with Crippen molar-refractivity contribution in [3.8, 4) is 0 Å². The summed E-state index contributed by atoms with van der Waals surface area (Å²) in [6, 6.07) is -0.882. The summed E-state index contributed by atoms with van der Waals surface area (Å²) in [4.78, 5) is 12.1. The molecule has 0 aromatic heterocycles. The second kappa shape index (κ2) is 36.7. The largest absolute Gasteiger partial charge is 0.394 e. The van der Waals surface area contributed by atoms with E-state index in [0.29, 0.717) is 6.42 Å². The van der Waals surface area contributed by atoms with E-state index >= 15 is 0 Å². The molecule has 17 unspecified atom stereocenters. The number of rotatable bonds is 39. The van der Waals surface area contributed by atoms with Gasteiger partial charge in [0, 0.05) is 6.92 Å². The minimum absolute atomic E-state index is 0.316. The topological polar surface area (TPSA) is 307 Å². The normalized spacial score (nSPS) is 32.5. The summed E-state index contributed by atoms with van der Waals surface area (Å²) in [5.41, 5.74) is 0. The molecule has 70 heavy (non-hydrogen) atoms. The third kappa shape index (κ3) is 22.3. The smallest absolute Gasteiger partial charge is 0.217 e. The Bertz CT molecular complexity index is 1300. The zero-order valence-corrected chi connectivity index (χ0v) is 42.5. The highest BCUT2D eigenvalue weighted by atomic mass is 16.8. The van der Waals surface area contributed by atoms with E-state index in [0.717, 1.165) is 25.7 Å². The summed E-state index contributed by atoms with van der Waals surface area (Å²) in [5.74, 6) is -0.417. The summed E-state index contributed by atoms with van der Waals surface area (Å²) >= 11 is 0. The molecule has 19 heteroatoms. The molecule has 0 aromatic rings. The number of ether oxygens (including phenoxy) is 6. The van der Waals surface area contributed by atoms with Gasteiger partial charge in [-0.3, -0.25) is 4.79 Å². The van der Waals surface area contributed by atoms with E-state index < -0.39 is 130 Å². The van der Waals surface area contributed by atoms with Gasteiger partial charge in [-0.15, -0.1) is 0 Å². The van der Waals surface area contributed by atoms with Crippen LogP contribution in [0.25, 0.3) is 0 Å². The number of hydrogen-bond donors (Lipinski definition) is 12. The lowest BCUT2D eigenvalue weighted by molar-refractivity contribution is -0.379. The second-order valence-corrected chi connectivity index (χ2v) is 20.1. The summed E-state index contributed by atoms with van der Waals surface area (Å²) in [5, 5.41) is 118. The van der Waals surface area contributed by atoms with Crippen LogP contribution in [0.1, 0.15) is 187 Å². The SMILES string of the molecule is CCCCCCCCCCCCCCCCCCCCCCCCCCCCC(O)C(COC1OC(CO)C(OC2OC(CO)C(OC3OC(CO)C(O)C(O)C3O)C(O)C2O)C(O)C1O)NC(C)=O. The van der Waals surface area contributed by atoms with Crippen LogP contribution in [0.4, 0.5) is 0 Å². The first-order valence-electron chi connectivity index (χ1n) is 27.2. The Kier molecular flexibility index (Phi) is 33.1. The highest BCUT2D eigenvalue weighted by molar-refractivity contribution is 5.73. The van der Waals surface area contributed by atoms with Gasteiger partial charge in [-0.25, -0.2) is 0 Å². The number of hydrogen-bond acceptors (Lipinski definition) is 18. The van der Waals surface area contributed by atoms with Crippen molar-refractivity contribution in [3.05, 3.63) is 0 Å². The second-order valence-electron chi connectivity index (χ2n) is 20.1. The number of nitrogens with one attached hydrogen (secondary N) is 1. The van der Waals surface area contributed by atoms with Crippen LogP contribution in [0.15, 0.2) is 0 Å². The van der Waals surface area contributed by atoms with Gasteiger partial charge in [0.05, 0.1) is 38.6 Å². The maximum atomic E-state index is 12.1. The van der Waals surface area contributed by atoms with Gasteiger partial charge >= 0.3 is 0 Å². The van der Waals surface area contributed by atoms with Crippen LogP contribution < -0.4 is 5.32 Å². The molecule has 0 bridgehead atoms. The molecule has 3 saturated heterocycles. The molecule has 19 nitrogen and oxygen atoms in total. The molecular weight excluding hydrogens is 915 g/mol. The highest BCUT2D eigenvalue weighted by Crippen LogP contribution is 2.33. The third-order valence-corrected chi connectivity index (χ3v) is 14.2. The summed E-state index contributed by atoms with van der Waals surface area (Å²) in [6.07, 6.45) is 7.75. The Hall–Kier alpha value is -1.21. The van der Waals surface area contributed by atoms with Crippen LogP contribution in [0, 0.1) is 0 Å². The Morgan fingerprint density at radius 1 is 0.457 bits per heavy atom. The minimum Gasteiger partial charge on any atom is -0.394 e. The summed E-state index contributed by atoms with van der Waals surface area (Å²) in [7, 11) is 0.